The molecule has 1 unspecified atom stereocenters. The Morgan fingerprint density at radius 1 is 1.00 bits per heavy atom. The predicted octanol–water partition coefficient (Wildman–Crippen LogP) is 0.146. The number of benzene rings is 1. The van der Waals surface area contributed by atoms with Crippen LogP contribution in [-0.4, -0.2) is 118 Å². The van der Waals surface area contributed by atoms with Crippen LogP contribution in [0.3, 0.4) is 0 Å². The molecule has 2 aromatic rings. The Kier molecular flexibility index (Phi) is 9.07. The second kappa shape index (κ2) is 13.0. The lowest BCUT2D eigenvalue weighted by Crippen LogP contribution is -2.55. The number of rotatable bonds is 5. The normalized spacial score (nSPS) is 21.1. The number of aromatic hydroxyl groups is 1. The highest BCUT2D eigenvalue weighted by Gasteiger charge is 2.43. The Bertz CT molecular complexity index is 1460. The number of hydrogen-bond acceptors (Lipinski definition) is 10. The van der Waals surface area contributed by atoms with Gasteiger partial charge in [0, 0.05) is 70.4 Å². The molecule has 4 aliphatic heterocycles. The number of urea groups is 1. The van der Waals surface area contributed by atoms with Gasteiger partial charge in [-0.1, -0.05) is 0 Å². The van der Waals surface area contributed by atoms with Crippen LogP contribution < -0.4 is 10.9 Å². The van der Waals surface area contributed by atoms with Gasteiger partial charge in [0.15, 0.2) is 10.6 Å². The zero-order chi connectivity index (χ0) is 30.8. The molecular weight excluding hydrogens is 599 g/mol. The fraction of sp³-hybridized carbons (Fsp3) is 0.571. The van der Waals surface area contributed by atoms with Crippen molar-refractivity contribution in [3.63, 3.8) is 0 Å². The van der Waals surface area contributed by atoms with Gasteiger partial charge in [0.05, 0.1) is 50.8 Å². The second-order valence-electron chi connectivity index (χ2n) is 11.0. The standard InChI is InChI=1S/C28H35FN6O8S/c29-20-2-1-19(21(17-20)44(40)34-7-5-32(6-8-34)27(39)33-9-14-42-15-10-33)18-30-24(37)22-23(36)25(38)35-11-16-43-28(26(35)31-22)3-12-41-13-4-28/h1-2,17,36H,3-16,18H2,(H,30,37). The van der Waals surface area contributed by atoms with Crippen molar-refractivity contribution in [2.45, 2.75) is 36.4 Å². The van der Waals surface area contributed by atoms with Crippen molar-refractivity contribution in [3.05, 3.63) is 51.5 Å². The number of nitrogens with one attached hydrogen (secondary N) is 1. The molecule has 1 aromatic heterocycles. The number of halogens is 1. The third-order valence-electron chi connectivity index (χ3n) is 8.44. The molecular formula is C28H35FN6O8S. The minimum Gasteiger partial charge on any atom is -0.593 e. The Hall–Kier alpha value is -3.28. The molecule has 6 rings (SSSR count). The van der Waals surface area contributed by atoms with Gasteiger partial charge in [-0.05, 0) is 12.1 Å². The van der Waals surface area contributed by atoms with Crippen LogP contribution in [0.1, 0.15) is 34.7 Å². The van der Waals surface area contributed by atoms with E-state index in [0.717, 1.165) is 6.07 Å². The molecule has 4 aliphatic rings. The molecule has 0 aliphatic carbocycles. The third kappa shape index (κ3) is 6.01. The van der Waals surface area contributed by atoms with Gasteiger partial charge >= 0.3 is 6.03 Å². The predicted molar refractivity (Wildman–Crippen MR) is 153 cm³/mol. The monoisotopic (exact) mass is 634 g/mol. The summed E-state index contributed by atoms with van der Waals surface area (Å²) in [6.07, 6.45) is 0.900. The van der Waals surface area contributed by atoms with Crippen LogP contribution in [-0.2, 0) is 44.3 Å². The van der Waals surface area contributed by atoms with Crippen molar-refractivity contribution >= 4 is 23.3 Å². The topological polar surface area (TPSA) is 162 Å². The van der Waals surface area contributed by atoms with Crippen LogP contribution in [0.15, 0.2) is 27.9 Å². The number of ether oxygens (including phenoxy) is 3. The highest BCUT2D eigenvalue weighted by Crippen LogP contribution is 2.37. The van der Waals surface area contributed by atoms with Crippen molar-refractivity contribution in [2.75, 3.05) is 72.3 Å². The summed E-state index contributed by atoms with van der Waals surface area (Å²) in [6, 6.07) is 3.71. The minimum absolute atomic E-state index is 0.0825. The minimum atomic E-state index is -1.78. The van der Waals surface area contributed by atoms with Crippen molar-refractivity contribution < 1.29 is 37.8 Å². The lowest BCUT2D eigenvalue weighted by Gasteiger charge is -2.40. The molecule has 0 saturated carbocycles. The maximum Gasteiger partial charge on any atom is 0.320 e. The molecule has 3 saturated heterocycles. The van der Waals surface area contributed by atoms with E-state index in [0.29, 0.717) is 84.1 Å². The molecule has 0 radical (unpaired) electrons. The van der Waals surface area contributed by atoms with Gasteiger partial charge in [-0.15, -0.1) is 4.31 Å². The van der Waals surface area contributed by atoms with Crippen molar-refractivity contribution in [1.29, 1.82) is 0 Å². The number of carbonyl (C=O) groups is 2. The van der Waals surface area contributed by atoms with Gasteiger partial charge in [0.1, 0.15) is 17.2 Å². The van der Waals surface area contributed by atoms with Crippen LogP contribution in [0.2, 0.25) is 0 Å². The van der Waals surface area contributed by atoms with Gasteiger partial charge in [0.25, 0.3) is 11.5 Å². The lowest BCUT2D eigenvalue weighted by molar-refractivity contribution is -0.139. The molecule has 0 bridgehead atoms. The Labute approximate surface area is 256 Å². The summed E-state index contributed by atoms with van der Waals surface area (Å²) in [5.41, 5.74) is -1.67. The highest BCUT2D eigenvalue weighted by atomic mass is 32.2. The van der Waals surface area contributed by atoms with Crippen LogP contribution >= 0.6 is 0 Å². The van der Waals surface area contributed by atoms with Crippen LogP contribution in [0.25, 0.3) is 0 Å². The summed E-state index contributed by atoms with van der Waals surface area (Å²) in [6.45, 7) is 4.52. The van der Waals surface area contributed by atoms with E-state index in [1.54, 1.807) is 14.1 Å². The third-order valence-corrected chi connectivity index (χ3v) is 10.0. The molecule has 1 spiro atoms. The molecule has 44 heavy (non-hydrogen) atoms. The summed E-state index contributed by atoms with van der Waals surface area (Å²) in [5.74, 6) is -1.90. The number of carbonyl (C=O) groups excluding carboxylic acids is 2. The van der Waals surface area contributed by atoms with E-state index in [-0.39, 0.29) is 36.4 Å². The van der Waals surface area contributed by atoms with Crippen molar-refractivity contribution in [1.82, 2.24) is 29.0 Å². The first-order chi connectivity index (χ1) is 21.3. The smallest absolute Gasteiger partial charge is 0.320 e. The number of piperazine rings is 1. The van der Waals surface area contributed by atoms with E-state index in [9.17, 15) is 28.4 Å². The largest absolute Gasteiger partial charge is 0.593 e. The van der Waals surface area contributed by atoms with Gasteiger partial charge in [-0.2, -0.15) is 0 Å². The molecule has 238 valence electrons. The van der Waals surface area contributed by atoms with Crippen molar-refractivity contribution in [3.8, 4) is 5.75 Å². The quantitative estimate of drug-likeness (QED) is 0.433. The van der Waals surface area contributed by atoms with E-state index in [4.69, 9.17) is 14.2 Å². The first kappa shape index (κ1) is 30.7. The number of hydrogen-bond donors (Lipinski definition) is 2. The van der Waals surface area contributed by atoms with Crippen LogP contribution in [0.4, 0.5) is 9.18 Å². The molecule has 14 nitrogen and oxygen atoms in total. The summed E-state index contributed by atoms with van der Waals surface area (Å²) < 4.78 is 47.7. The average molecular weight is 635 g/mol. The first-order valence-corrected chi connectivity index (χ1v) is 15.8. The van der Waals surface area contributed by atoms with E-state index in [1.807, 2.05) is 0 Å². The first-order valence-electron chi connectivity index (χ1n) is 14.7. The molecule has 1 atom stereocenters. The molecule has 3 amide bonds. The number of fused-ring (bicyclic) bond motifs is 2. The summed E-state index contributed by atoms with van der Waals surface area (Å²) in [5, 5.41) is 13.3. The fourth-order valence-corrected chi connectivity index (χ4v) is 7.31. The number of nitrogens with zero attached hydrogens (tertiary/aromatic N) is 5. The molecule has 5 heterocycles. The average Bonchev–Trinajstić information content (AvgIpc) is 3.06. The van der Waals surface area contributed by atoms with Crippen molar-refractivity contribution in [2.24, 2.45) is 0 Å². The maximum atomic E-state index is 14.3. The van der Waals surface area contributed by atoms with Gasteiger partial charge in [0.2, 0.25) is 5.75 Å². The zero-order valence-electron chi connectivity index (χ0n) is 24.2. The fourth-order valence-electron chi connectivity index (χ4n) is 5.96. The summed E-state index contributed by atoms with van der Waals surface area (Å²) >= 11 is -1.78. The van der Waals surface area contributed by atoms with E-state index in [2.05, 4.69) is 10.3 Å². The highest BCUT2D eigenvalue weighted by molar-refractivity contribution is 7.89. The molecule has 3 fully saturated rings. The summed E-state index contributed by atoms with van der Waals surface area (Å²) in [7, 11) is 0. The summed E-state index contributed by atoms with van der Waals surface area (Å²) in [4.78, 5) is 47.2. The number of aromatic nitrogens is 2. The van der Waals surface area contributed by atoms with Gasteiger partial charge in [-0.25, -0.2) is 14.2 Å². The maximum absolute atomic E-state index is 14.3. The zero-order valence-corrected chi connectivity index (χ0v) is 25.0. The van der Waals surface area contributed by atoms with E-state index < -0.39 is 45.7 Å². The second-order valence-corrected chi connectivity index (χ2v) is 12.5. The van der Waals surface area contributed by atoms with E-state index in [1.165, 1.54) is 16.7 Å². The molecule has 16 heteroatoms. The van der Waals surface area contributed by atoms with Gasteiger partial charge in [-0.3, -0.25) is 14.2 Å². The van der Waals surface area contributed by atoms with Crippen LogP contribution in [0.5, 0.6) is 5.75 Å². The number of amides is 3. The Morgan fingerprint density at radius 2 is 1.68 bits per heavy atom. The lowest BCUT2D eigenvalue weighted by atomic mass is 9.91. The Balaban J connectivity index is 1.15. The number of morpholine rings is 1. The molecule has 2 N–H and O–H groups in total. The SMILES string of the molecule is O=C(NCc1ccc(F)cc1[S+]([O-])N1CCN(C(=O)N2CCOCC2)CC1)c1nc2n(c(=O)c1O)CCOC21CCOCC1. The van der Waals surface area contributed by atoms with Gasteiger partial charge < -0.3 is 39.0 Å². The molecule has 1 aromatic carbocycles. The Morgan fingerprint density at radius 3 is 2.41 bits per heavy atom. The van der Waals surface area contributed by atoms with E-state index >= 15 is 0 Å². The van der Waals surface area contributed by atoms with Crippen LogP contribution in [0, 0.1) is 5.82 Å².